The lowest BCUT2D eigenvalue weighted by Crippen LogP contribution is -2.09. The van der Waals surface area contributed by atoms with Crippen LogP contribution in [0.5, 0.6) is 0 Å². The van der Waals surface area contributed by atoms with Crippen molar-refractivity contribution in [3.63, 3.8) is 0 Å². The molecule has 1 aromatic heterocycles. The molecule has 0 bridgehead atoms. The second kappa shape index (κ2) is 4.30. The average Bonchev–Trinajstić information content (AvgIpc) is 2.39. The first-order valence-electron chi connectivity index (χ1n) is 6.25. The first-order valence-corrected chi connectivity index (χ1v) is 6.25. The summed E-state index contributed by atoms with van der Waals surface area (Å²) in [5.74, 6) is 0.528. The Morgan fingerprint density at radius 3 is 2.94 bits per heavy atom. The summed E-state index contributed by atoms with van der Waals surface area (Å²) in [6, 6.07) is 9.72. The third kappa shape index (κ3) is 1.90. The second-order valence-electron chi connectivity index (χ2n) is 4.84. The van der Waals surface area contributed by atoms with Gasteiger partial charge in [-0.2, -0.15) is 0 Å². The zero-order valence-electron chi connectivity index (χ0n) is 10.3. The van der Waals surface area contributed by atoms with Gasteiger partial charge in [0.1, 0.15) is 0 Å². The summed E-state index contributed by atoms with van der Waals surface area (Å²) in [7, 11) is 0. The number of aromatic amines is 1. The van der Waals surface area contributed by atoms with E-state index in [4.69, 9.17) is 0 Å². The Hall–Kier alpha value is -2.09. The first-order chi connectivity index (χ1) is 8.74. The first kappa shape index (κ1) is 11.0. The van der Waals surface area contributed by atoms with E-state index < -0.39 is 0 Å². The van der Waals surface area contributed by atoms with Crippen molar-refractivity contribution in [2.75, 3.05) is 0 Å². The minimum atomic E-state index is -0.0179. The number of nitrogens with one attached hydrogen (secondary N) is 1. The van der Waals surface area contributed by atoms with Gasteiger partial charge in [0.15, 0.2) is 0 Å². The number of fused-ring (bicyclic) bond motifs is 1. The van der Waals surface area contributed by atoms with Gasteiger partial charge in [-0.1, -0.05) is 43.4 Å². The lowest BCUT2D eigenvalue weighted by molar-refractivity contribution is 0.739. The van der Waals surface area contributed by atoms with Crippen LogP contribution in [0, 0.1) is 5.92 Å². The van der Waals surface area contributed by atoms with Gasteiger partial charge in [-0.15, -0.1) is 0 Å². The second-order valence-corrected chi connectivity index (χ2v) is 4.84. The summed E-state index contributed by atoms with van der Waals surface area (Å²) in [6.07, 6.45) is 7.52. The van der Waals surface area contributed by atoms with Gasteiger partial charge in [0.25, 0.3) is 5.56 Å². The summed E-state index contributed by atoms with van der Waals surface area (Å²) in [5, 5.41) is 1.73. The molecule has 1 atom stereocenters. The maximum absolute atomic E-state index is 12.0. The van der Waals surface area contributed by atoms with Gasteiger partial charge in [-0.3, -0.25) is 4.79 Å². The van der Waals surface area contributed by atoms with E-state index in [2.05, 4.69) is 30.1 Å². The number of hydrogen-bond donors (Lipinski definition) is 1. The maximum Gasteiger partial charge on any atom is 0.256 e. The van der Waals surface area contributed by atoms with Crippen LogP contribution >= 0.6 is 0 Å². The third-order valence-electron chi connectivity index (χ3n) is 3.33. The van der Waals surface area contributed by atoms with E-state index in [1.54, 1.807) is 0 Å². The molecule has 1 heterocycles. The molecule has 3 rings (SSSR count). The summed E-state index contributed by atoms with van der Waals surface area (Å²) in [4.78, 5) is 15.0. The average molecular weight is 237 g/mol. The van der Waals surface area contributed by atoms with Crippen LogP contribution in [0.1, 0.15) is 19.0 Å². The molecule has 0 radical (unpaired) electrons. The molecular formula is C16H15NO. The van der Waals surface area contributed by atoms with Crippen LogP contribution in [0.4, 0.5) is 0 Å². The summed E-state index contributed by atoms with van der Waals surface area (Å²) < 4.78 is 0. The third-order valence-corrected chi connectivity index (χ3v) is 3.33. The highest BCUT2D eigenvalue weighted by atomic mass is 16.1. The molecule has 0 spiro atoms. The SMILES string of the molecule is CC1C=C(c2cc3ccccc3c(=O)[nH]2)C=CC1. The fourth-order valence-corrected chi connectivity index (χ4v) is 2.39. The molecule has 90 valence electrons. The fourth-order valence-electron chi connectivity index (χ4n) is 2.39. The van der Waals surface area contributed by atoms with Gasteiger partial charge in [-0.25, -0.2) is 0 Å². The molecule has 2 nitrogen and oxygen atoms in total. The molecule has 18 heavy (non-hydrogen) atoms. The van der Waals surface area contributed by atoms with Gasteiger partial charge in [0.2, 0.25) is 0 Å². The summed E-state index contributed by atoms with van der Waals surface area (Å²) in [6.45, 7) is 2.18. The number of allylic oxidation sites excluding steroid dienone is 4. The van der Waals surface area contributed by atoms with Crippen molar-refractivity contribution in [2.45, 2.75) is 13.3 Å². The Morgan fingerprint density at radius 1 is 1.28 bits per heavy atom. The Balaban J connectivity index is 2.19. The fraction of sp³-hybridized carbons (Fsp3) is 0.188. The van der Waals surface area contributed by atoms with E-state index in [1.807, 2.05) is 30.3 Å². The van der Waals surface area contributed by atoms with Crippen LogP contribution in [-0.4, -0.2) is 4.98 Å². The van der Waals surface area contributed by atoms with Crippen molar-refractivity contribution in [2.24, 2.45) is 5.92 Å². The topological polar surface area (TPSA) is 32.9 Å². The van der Waals surface area contributed by atoms with Crippen LogP contribution in [0.25, 0.3) is 16.3 Å². The normalized spacial score (nSPS) is 18.9. The van der Waals surface area contributed by atoms with Gasteiger partial charge in [-0.05, 0) is 35.4 Å². The molecule has 0 fully saturated rings. The number of benzene rings is 1. The maximum atomic E-state index is 12.0. The molecule has 0 saturated heterocycles. The molecular weight excluding hydrogens is 222 g/mol. The standard InChI is InChI=1S/C16H15NO/c1-11-5-4-7-13(9-11)15-10-12-6-2-3-8-14(12)16(18)17-15/h2-4,6-11H,5H2,1H3,(H,17,18). The zero-order valence-corrected chi connectivity index (χ0v) is 10.3. The molecule has 0 amide bonds. The molecule has 1 aliphatic carbocycles. The van der Waals surface area contributed by atoms with E-state index in [1.165, 1.54) is 0 Å². The highest BCUT2D eigenvalue weighted by Gasteiger charge is 2.08. The number of pyridine rings is 1. The Bertz CT molecular complexity index is 706. The van der Waals surface area contributed by atoms with Crippen molar-refractivity contribution >= 4 is 16.3 Å². The van der Waals surface area contributed by atoms with Gasteiger partial charge in [0.05, 0.1) is 0 Å². The van der Waals surface area contributed by atoms with Crippen LogP contribution in [0.3, 0.4) is 0 Å². The number of hydrogen-bond acceptors (Lipinski definition) is 1. The van der Waals surface area contributed by atoms with Gasteiger partial charge < -0.3 is 4.98 Å². The highest BCUT2D eigenvalue weighted by molar-refractivity contribution is 5.85. The van der Waals surface area contributed by atoms with Crippen molar-refractivity contribution < 1.29 is 0 Å². The molecule has 1 aromatic carbocycles. The highest BCUT2D eigenvalue weighted by Crippen LogP contribution is 2.24. The monoisotopic (exact) mass is 237 g/mol. The number of rotatable bonds is 1. The van der Waals surface area contributed by atoms with Crippen LogP contribution in [0.15, 0.2) is 53.4 Å². The van der Waals surface area contributed by atoms with E-state index in [0.29, 0.717) is 5.92 Å². The summed E-state index contributed by atoms with van der Waals surface area (Å²) >= 11 is 0. The Kier molecular flexibility index (Phi) is 2.63. The van der Waals surface area contributed by atoms with Gasteiger partial charge in [0, 0.05) is 11.1 Å². The van der Waals surface area contributed by atoms with E-state index >= 15 is 0 Å². The lowest BCUT2D eigenvalue weighted by atomic mass is 9.95. The zero-order chi connectivity index (χ0) is 12.5. The van der Waals surface area contributed by atoms with Crippen molar-refractivity contribution in [1.29, 1.82) is 0 Å². The van der Waals surface area contributed by atoms with E-state index in [-0.39, 0.29) is 5.56 Å². The molecule has 1 unspecified atom stereocenters. The molecule has 1 aliphatic rings. The molecule has 1 N–H and O–H groups in total. The van der Waals surface area contributed by atoms with Crippen molar-refractivity contribution in [1.82, 2.24) is 4.98 Å². The van der Waals surface area contributed by atoms with E-state index in [9.17, 15) is 4.79 Å². The number of H-pyrrole nitrogens is 1. The summed E-state index contributed by atoms with van der Waals surface area (Å²) in [5.41, 5.74) is 1.99. The smallest absolute Gasteiger partial charge is 0.256 e. The Morgan fingerprint density at radius 2 is 2.11 bits per heavy atom. The minimum absolute atomic E-state index is 0.0179. The van der Waals surface area contributed by atoms with Crippen LogP contribution < -0.4 is 5.56 Å². The quantitative estimate of drug-likeness (QED) is 0.809. The largest absolute Gasteiger partial charge is 0.321 e. The molecule has 0 aliphatic heterocycles. The van der Waals surface area contributed by atoms with E-state index in [0.717, 1.165) is 28.5 Å². The molecule has 2 aromatic rings. The number of aromatic nitrogens is 1. The van der Waals surface area contributed by atoms with Crippen LogP contribution in [0.2, 0.25) is 0 Å². The van der Waals surface area contributed by atoms with Gasteiger partial charge >= 0.3 is 0 Å². The Labute approximate surface area is 106 Å². The van der Waals surface area contributed by atoms with Crippen molar-refractivity contribution in [3.05, 3.63) is 64.6 Å². The lowest BCUT2D eigenvalue weighted by Gasteiger charge is -2.12. The molecule has 0 saturated carbocycles. The van der Waals surface area contributed by atoms with Crippen molar-refractivity contribution in [3.8, 4) is 0 Å². The predicted molar refractivity (Wildman–Crippen MR) is 75.5 cm³/mol. The molecule has 2 heteroatoms. The predicted octanol–water partition coefficient (Wildman–Crippen LogP) is 3.51. The van der Waals surface area contributed by atoms with Crippen LogP contribution in [-0.2, 0) is 0 Å². The minimum Gasteiger partial charge on any atom is -0.321 e.